The number of nitrogens with zero attached hydrogens (tertiary/aromatic N) is 1. The molecule has 6 aromatic carbocycles. The van der Waals surface area contributed by atoms with Crippen LogP contribution in [0.3, 0.4) is 0 Å². The monoisotopic (exact) mass is 547 g/mol. The smallest absolute Gasteiger partial charge is 0.147 e. The Kier molecular flexibility index (Phi) is 6.06. The van der Waals surface area contributed by atoms with Gasteiger partial charge in [-0.25, -0.2) is 0 Å². The van der Waals surface area contributed by atoms with Crippen LogP contribution < -0.4 is 4.90 Å². The molecule has 1 aromatic heterocycles. The SMILES string of the molecule is Cc1ccc(N(c2ccc3c(c2)oc2ccc4ccccc4c23)c2cccc(-c3cccc(C(C)(C)C)c3)c2O)cc1. The fraction of sp³-hybridized carbons (Fsp3) is 0.128. The molecule has 7 rings (SSSR count). The molecule has 42 heavy (non-hydrogen) atoms. The first kappa shape index (κ1) is 25.9. The molecule has 0 aliphatic heterocycles. The number of aromatic hydroxyl groups is 1. The zero-order valence-corrected chi connectivity index (χ0v) is 24.3. The summed E-state index contributed by atoms with van der Waals surface area (Å²) in [6.07, 6.45) is 0. The van der Waals surface area contributed by atoms with Crippen molar-refractivity contribution in [1.29, 1.82) is 0 Å². The highest BCUT2D eigenvalue weighted by molar-refractivity contribution is 6.19. The Bertz CT molecular complexity index is 2090. The van der Waals surface area contributed by atoms with Gasteiger partial charge < -0.3 is 14.4 Å². The van der Waals surface area contributed by atoms with Crippen LogP contribution in [-0.4, -0.2) is 5.11 Å². The van der Waals surface area contributed by atoms with Crippen molar-refractivity contribution in [3.8, 4) is 16.9 Å². The van der Waals surface area contributed by atoms with Gasteiger partial charge in [-0.1, -0.05) is 105 Å². The number of rotatable bonds is 4. The Morgan fingerprint density at radius 3 is 2.21 bits per heavy atom. The molecule has 206 valence electrons. The van der Waals surface area contributed by atoms with Crippen LogP contribution in [0.2, 0.25) is 0 Å². The summed E-state index contributed by atoms with van der Waals surface area (Å²) < 4.78 is 6.42. The molecule has 0 amide bonds. The molecule has 0 unspecified atom stereocenters. The number of fused-ring (bicyclic) bond motifs is 5. The van der Waals surface area contributed by atoms with Crippen molar-refractivity contribution in [1.82, 2.24) is 0 Å². The predicted molar refractivity (Wildman–Crippen MR) is 176 cm³/mol. The summed E-state index contributed by atoms with van der Waals surface area (Å²) >= 11 is 0. The van der Waals surface area contributed by atoms with E-state index in [1.165, 1.54) is 21.9 Å². The molecule has 1 N–H and O–H groups in total. The van der Waals surface area contributed by atoms with E-state index in [0.29, 0.717) is 5.69 Å². The van der Waals surface area contributed by atoms with Crippen molar-refractivity contribution in [2.24, 2.45) is 0 Å². The van der Waals surface area contributed by atoms with E-state index in [4.69, 9.17) is 4.42 Å². The lowest BCUT2D eigenvalue weighted by molar-refractivity contribution is 0.478. The second-order valence-corrected chi connectivity index (χ2v) is 12.1. The fourth-order valence-electron chi connectivity index (χ4n) is 5.89. The van der Waals surface area contributed by atoms with Crippen molar-refractivity contribution in [2.75, 3.05) is 4.90 Å². The van der Waals surface area contributed by atoms with Gasteiger partial charge in [0.2, 0.25) is 0 Å². The van der Waals surface area contributed by atoms with Gasteiger partial charge in [-0.3, -0.25) is 0 Å². The first-order valence-corrected chi connectivity index (χ1v) is 14.4. The minimum Gasteiger partial charge on any atom is -0.505 e. The first-order valence-electron chi connectivity index (χ1n) is 14.4. The van der Waals surface area contributed by atoms with E-state index in [-0.39, 0.29) is 11.2 Å². The van der Waals surface area contributed by atoms with Gasteiger partial charge in [0, 0.05) is 28.1 Å². The molecule has 3 nitrogen and oxygen atoms in total. The van der Waals surface area contributed by atoms with Crippen LogP contribution in [0, 0.1) is 6.92 Å². The highest BCUT2D eigenvalue weighted by Gasteiger charge is 2.21. The van der Waals surface area contributed by atoms with Crippen LogP contribution >= 0.6 is 0 Å². The number of para-hydroxylation sites is 1. The number of furan rings is 1. The zero-order chi connectivity index (χ0) is 29.0. The number of benzene rings is 6. The molecule has 1 heterocycles. The summed E-state index contributed by atoms with van der Waals surface area (Å²) in [6, 6.07) is 41.7. The third-order valence-electron chi connectivity index (χ3n) is 8.19. The summed E-state index contributed by atoms with van der Waals surface area (Å²) in [6.45, 7) is 8.70. The normalized spacial score (nSPS) is 11.9. The number of hydrogen-bond donors (Lipinski definition) is 1. The molecule has 0 fully saturated rings. The van der Waals surface area contributed by atoms with Gasteiger partial charge in [0.15, 0.2) is 0 Å². The van der Waals surface area contributed by atoms with Crippen LogP contribution in [0.1, 0.15) is 31.9 Å². The second kappa shape index (κ2) is 9.81. The predicted octanol–water partition coefficient (Wildman–Crippen LogP) is 11.2. The van der Waals surface area contributed by atoms with Gasteiger partial charge in [0.1, 0.15) is 16.9 Å². The first-order chi connectivity index (χ1) is 20.3. The molecule has 7 aromatic rings. The van der Waals surface area contributed by atoms with Gasteiger partial charge in [-0.2, -0.15) is 0 Å². The number of aryl methyl sites for hydroxylation is 1. The number of hydrogen-bond acceptors (Lipinski definition) is 3. The Labute approximate surface area is 246 Å². The maximum Gasteiger partial charge on any atom is 0.147 e. The molecule has 0 bridgehead atoms. The molecule has 3 heteroatoms. The van der Waals surface area contributed by atoms with Crippen molar-refractivity contribution >= 4 is 49.8 Å². The number of anilines is 3. The quantitative estimate of drug-likeness (QED) is 0.238. The lowest BCUT2D eigenvalue weighted by Gasteiger charge is -2.27. The molecular formula is C39H33NO2. The molecule has 0 spiro atoms. The van der Waals surface area contributed by atoms with E-state index in [9.17, 15) is 5.11 Å². The molecule has 0 saturated heterocycles. The molecule has 0 atom stereocenters. The van der Waals surface area contributed by atoms with Crippen LogP contribution in [0.4, 0.5) is 17.1 Å². The highest BCUT2D eigenvalue weighted by atomic mass is 16.3. The van der Waals surface area contributed by atoms with Gasteiger partial charge in [0.25, 0.3) is 0 Å². The molecule has 0 aliphatic rings. The van der Waals surface area contributed by atoms with Crippen LogP contribution in [0.15, 0.2) is 126 Å². The van der Waals surface area contributed by atoms with E-state index in [2.05, 4.69) is 136 Å². The molecule has 0 radical (unpaired) electrons. The Morgan fingerprint density at radius 1 is 0.643 bits per heavy atom. The Balaban J connectivity index is 1.42. The topological polar surface area (TPSA) is 36.6 Å². The minimum atomic E-state index is 0.00446. The summed E-state index contributed by atoms with van der Waals surface area (Å²) in [5, 5.41) is 16.4. The molecule has 0 saturated carbocycles. The fourth-order valence-corrected chi connectivity index (χ4v) is 5.89. The highest BCUT2D eigenvalue weighted by Crippen LogP contribution is 2.46. The van der Waals surface area contributed by atoms with Crippen molar-refractivity contribution in [3.63, 3.8) is 0 Å². The number of phenolic OH excluding ortho intramolecular Hbond substituents is 1. The summed E-state index contributed by atoms with van der Waals surface area (Å²) in [5.74, 6) is 0.236. The Hall–Kier alpha value is -5.02. The average molecular weight is 548 g/mol. The van der Waals surface area contributed by atoms with Crippen molar-refractivity contribution < 1.29 is 9.52 Å². The minimum absolute atomic E-state index is 0.00446. The maximum absolute atomic E-state index is 11.9. The van der Waals surface area contributed by atoms with Gasteiger partial charge in [0.05, 0.1) is 11.4 Å². The van der Waals surface area contributed by atoms with Crippen LogP contribution in [0.5, 0.6) is 5.75 Å². The van der Waals surface area contributed by atoms with Gasteiger partial charge in [-0.05, 0) is 70.6 Å². The van der Waals surface area contributed by atoms with Gasteiger partial charge in [-0.15, -0.1) is 0 Å². The third-order valence-corrected chi connectivity index (χ3v) is 8.19. The van der Waals surface area contributed by atoms with E-state index in [0.717, 1.165) is 44.4 Å². The lowest BCUT2D eigenvalue weighted by atomic mass is 9.85. The molecule has 0 aliphatic carbocycles. The average Bonchev–Trinajstić information content (AvgIpc) is 3.37. The van der Waals surface area contributed by atoms with Gasteiger partial charge >= 0.3 is 0 Å². The molecular weight excluding hydrogens is 514 g/mol. The lowest BCUT2D eigenvalue weighted by Crippen LogP contribution is -2.11. The summed E-state index contributed by atoms with van der Waals surface area (Å²) in [5.41, 5.74) is 8.44. The van der Waals surface area contributed by atoms with E-state index in [1.54, 1.807) is 0 Å². The summed E-state index contributed by atoms with van der Waals surface area (Å²) in [7, 11) is 0. The van der Waals surface area contributed by atoms with Crippen LogP contribution in [-0.2, 0) is 5.41 Å². The van der Waals surface area contributed by atoms with Crippen molar-refractivity contribution in [2.45, 2.75) is 33.1 Å². The number of phenols is 1. The summed E-state index contributed by atoms with van der Waals surface area (Å²) in [4.78, 5) is 2.11. The Morgan fingerprint density at radius 2 is 1.40 bits per heavy atom. The zero-order valence-electron chi connectivity index (χ0n) is 24.3. The third kappa shape index (κ3) is 4.38. The van der Waals surface area contributed by atoms with E-state index in [1.807, 2.05) is 18.2 Å². The second-order valence-electron chi connectivity index (χ2n) is 12.1. The van der Waals surface area contributed by atoms with Crippen molar-refractivity contribution in [3.05, 3.63) is 132 Å². The largest absolute Gasteiger partial charge is 0.505 e. The van der Waals surface area contributed by atoms with E-state index >= 15 is 0 Å². The standard InChI is InChI=1S/C39H33NO2/c1-25-15-18-29(19-16-25)40(34-14-8-13-32(38(34)41)27-10-7-11-28(23-27)39(2,3)4)30-20-21-33-36(24-30)42-35-22-17-26-9-5-6-12-31(26)37(33)35/h5-24,41H,1-4H3. The van der Waals surface area contributed by atoms with E-state index < -0.39 is 0 Å². The van der Waals surface area contributed by atoms with Crippen LogP contribution in [0.25, 0.3) is 43.8 Å². The maximum atomic E-state index is 11.9.